The molecule has 1 aromatic carbocycles. The zero-order valence-corrected chi connectivity index (χ0v) is 11.0. The minimum Gasteiger partial charge on any atom is -0.481 e. The summed E-state index contributed by atoms with van der Waals surface area (Å²) in [5, 5.41) is 8.32. The molecule has 0 aromatic heterocycles. The number of carboxylic acids is 1. The van der Waals surface area contributed by atoms with Gasteiger partial charge in [-0.1, -0.05) is 30.3 Å². The van der Waals surface area contributed by atoms with E-state index in [4.69, 9.17) is 14.7 Å². The van der Waals surface area contributed by atoms with Crippen LogP contribution in [0.25, 0.3) is 0 Å². The summed E-state index contributed by atoms with van der Waals surface area (Å²) in [6.07, 6.45) is -1.00. The molecule has 0 radical (unpaired) electrons. The molecule has 19 heavy (non-hydrogen) atoms. The highest BCUT2D eigenvalue weighted by atomic mass is 31.2. The molecule has 0 aliphatic rings. The molecule has 1 unspecified atom stereocenters. The minimum absolute atomic E-state index is 0.0724. The van der Waals surface area contributed by atoms with Crippen molar-refractivity contribution in [3.63, 3.8) is 0 Å². The van der Waals surface area contributed by atoms with Crippen molar-refractivity contribution in [1.82, 2.24) is 0 Å². The molecular weight excluding hydrogens is 275 g/mol. The maximum Gasteiger partial charge on any atom is 0.366 e. The standard InChI is InChI=1S/C11H15O7P/c12-11(13)9-19(14,15)18-17-7-6-16-8-10-4-2-1-3-5-10/h1-5H,6-9H2,(H,12,13)(H,14,15). The number of ether oxygens (including phenoxy) is 1. The van der Waals surface area contributed by atoms with Crippen LogP contribution in [0.4, 0.5) is 0 Å². The minimum atomic E-state index is -4.23. The summed E-state index contributed by atoms with van der Waals surface area (Å²) in [4.78, 5) is 23.7. The van der Waals surface area contributed by atoms with Gasteiger partial charge in [0.05, 0.1) is 13.2 Å². The van der Waals surface area contributed by atoms with Crippen molar-refractivity contribution in [2.24, 2.45) is 0 Å². The van der Waals surface area contributed by atoms with Crippen LogP contribution in [0.5, 0.6) is 0 Å². The first-order chi connectivity index (χ1) is 8.99. The molecule has 106 valence electrons. The lowest BCUT2D eigenvalue weighted by Gasteiger charge is -2.09. The van der Waals surface area contributed by atoms with E-state index in [1.807, 2.05) is 30.3 Å². The number of benzene rings is 1. The van der Waals surface area contributed by atoms with Gasteiger partial charge in [-0.25, -0.2) is 4.89 Å². The van der Waals surface area contributed by atoms with Crippen LogP contribution >= 0.6 is 7.60 Å². The van der Waals surface area contributed by atoms with Crippen molar-refractivity contribution in [1.29, 1.82) is 0 Å². The average Bonchev–Trinajstić information content (AvgIpc) is 2.33. The second-order valence-electron chi connectivity index (χ2n) is 3.62. The average molecular weight is 290 g/mol. The molecule has 0 aliphatic heterocycles. The predicted octanol–water partition coefficient (Wildman–Crippen LogP) is 1.42. The molecule has 0 heterocycles. The van der Waals surface area contributed by atoms with Gasteiger partial charge in [0.2, 0.25) is 0 Å². The van der Waals surface area contributed by atoms with E-state index >= 15 is 0 Å². The van der Waals surface area contributed by atoms with Crippen LogP contribution in [-0.2, 0) is 30.3 Å². The summed E-state index contributed by atoms with van der Waals surface area (Å²) >= 11 is 0. The fraction of sp³-hybridized carbons (Fsp3) is 0.364. The zero-order valence-electron chi connectivity index (χ0n) is 10.1. The Kier molecular flexibility index (Phi) is 6.69. The Labute approximate surface area is 110 Å². The van der Waals surface area contributed by atoms with Crippen molar-refractivity contribution in [2.75, 3.05) is 19.4 Å². The molecule has 1 aromatic rings. The SMILES string of the molecule is O=C(O)CP(=O)(O)OOCCOCc1ccccc1. The first-order valence-corrected chi connectivity index (χ1v) is 7.22. The monoisotopic (exact) mass is 290 g/mol. The molecule has 0 bridgehead atoms. The molecular formula is C11H15O7P. The number of carboxylic acid groups (broad SMARTS) is 1. The maximum absolute atomic E-state index is 11.1. The van der Waals surface area contributed by atoms with Gasteiger partial charge in [0, 0.05) is 0 Å². The largest absolute Gasteiger partial charge is 0.481 e. The number of carbonyl (C=O) groups is 1. The fourth-order valence-corrected chi connectivity index (χ4v) is 1.81. The van der Waals surface area contributed by atoms with Gasteiger partial charge >= 0.3 is 13.6 Å². The Morgan fingerprint density at radius 2 is 1.89 bits per heavy atom. The zero-order chi connectivity index (χ0) is 14.1. The molecule has 0 saturated carbocycles. The van der Waals surface area contributed by atoms with E-state index in [0.29, 0.717) is 6.61 Å². The molecule has 8 heteroatoms. The second-order valence-corrected chi connectivity index (χ2v) is 5.36. The summed E-state index contributed by atoms with van der Waals surface area (Å²) in [7, 11) is -4.23. The Bertz CT molecular complexity index is 434. The first-order valence-electron chi connectivity index (χ1n) is 5.46. The number of hydrogen-bond acceptors (Lipinski definition) is 5. The van der Waals surface area contributed by atoms with Crippen LogP contribution in [0.1, 0.15) is 5.56 Å². The van der Waals surface area contributed by atoms with Gasteiger partial charge in [0.25, 0.3) is 0 Å². The molecule has 1 atom stereocenters. The highest BCUT2D eigenvalue weighted by Gasteiger charge is 2.25. The highest BCUT2D eigenvalue weighted by molar-refractivity contribution is 7.53. The Hall–Kier alpha value is -1.24. The summed E-state index contributed by atoms with van der Waals surface area (Å²) in [5.41, 5.74) is 0.988. The second kappa shape index (κ2) is 8.04. The first kappa shape index (κ1) is 15.8. The molecule has 0 amide bonds. The van der Waals surface area contributed by atoms with Crippen molar-refractivity contribution in [2.45, 2.75) is 6.61 Å². The molecule has 0 spiro atoms. The summed E-state index contributed by atoms with van der Waals surface area (Å²) in [5.74, 6) is -1.44. The van der Waals surface area contributed by atoms with Gasteiger partial charge in [-0.2, -0.15) is 0 Å². The van der Waals surface area contributed by atoms with E-state index in [9.17, 15) is 9.36 Å². The highest BCUT2D eigenvalue weighted by Crippen LogP contribution is 2.41. The van der Waals surface area contributed by atoms with Gasteiger partial charge < -0.3 is 14.7 Å². The lowest BCUT2D eigenvalue weighted by molar-refractivity contribution is -0.221. The van der Waals surface area contributed by atoms with Crippen molar-refractivity contribution >= 4 is 13.6 Å². The number of aliphatic carboxylic acids is 1. The van der Waals surface area contributed by atoms with Gasteiger partial charge in [-0.3, -0.25) is 9.36 Å². The van der Waals surface area contributed by atoms with E-state index < -0.39 is 19.7 Å². The van der Waals surface area contributed by atoms with Crippen LogP contribution < -0.4 is 0 Å². The Morgan fingerprint density at radius 3 is 2.53 bits per heavy atom. The van der Waals surface area contributed by atoms with Gasteiger partial charge in [-0.05, 0) is 5.56 Å². The van der Waals surface area contributed by atoms with Crippen molar-refractivity contribution < 1.29 is 33.7 Å². The number of hydrogen-bond donors (Lipinski definition) is 2. The van der Waals surface area contributed by atoms with Crippen LogP contribution in [0.2, 0.25) is 0 Å². The smallest absolute Gasteiger partial charge is 0.366 e. The third-order valence-electron chi connectivity index (χ3n) is 1.93. The van der Waals surface area contributed by atoms with Gasteiger partial charge in [0.1, 0.15) is 12.8 Å². The van der Waals surface area contributed by atoms with E-state index in [1.165, 1.54) is 0 Å². The third-order valence-corrected chi connectivity index (χ3v) is 2.94. The molecule has 0 aliphatic carbocycles. The van der Waals surface area contributed by atoms with Crippen molar-refractivity contribution in [3.05, 3.63) is 35.9 Å². The predicted molar refractivity (Wildman–Crippen MR) is 65.5 cm³/mol. The van der Waals surface area contributed by atoms with E-state index in [-0.39, 0.29) is 13.2 Å². The molecule has 0 fully saturated rings. The van der Waals surface area contributed by atoms with Crippen LogP contribution in [0.3, 0.4) is 0 Å². The molecule has 7 nitrogen and oxygen atoms in total. The summed E-state index contributed by atoms with van der Waals surface area (Å²) < 4.78 is 20.4. The van der Waals surface area contributed by atoms with Gasteiger partial charge in [-0.15, -0.1) is 4.67 Å². The Morgan fingerprint density at radius 1 is 1.21 bits per heavy atom. The molecule has 2 N–H and O–H groups in total. The third kappa shape index (κ3) is 7.71. The van der Waals surface area contributed by atoms with Crippen LogP contribution in [0.15, 0.2) is 30.3 Å². The summed E-state index contributed by atoms with van der Waals surface area (Å²) in [6.45, 7) is 0.467. The number of rotatable bonds is 9. The van der Waals surface area contributed by atoms with E-state index in [0.717, 1.165) is 5.56 Å². The topological polar surface area (TPSA) is 102 Å². The maximum atomic E-state index is 11.1. The fourth-order valence-electron chi connectivity index (χ4n) is 1.17. The van der Waals surface area contributed by atoms with Crippen LogP contribution in [-0.4, -0.2) is 35.3 Å². The van der Waals surface area contributed by atoms with Crippen LogP contribution in [0, 0.1) is 0 Å². The Balaban J connectivity index is 2.08. The van der Waals surface area contributed by atoms with Crippen molar-refractivity contribution in [3.8, 4) is 0 Å². The molecule has 0 saturated heterocycles. The van der Waals surface area contributed by atoms with E-state index in [1.54, 1.807) is 0 Å². The lowest BCUT2D eigenvalue weighted by atomic mass is 10.2. The summed E-state index contributed by atoms with van der Waals surface area (Å²) in [6, 6.07) is 9.44. The van der Waals surface area contributed by atoms with E-state index in [2.05, 4.69) is 9.56 Å². The lowest BCUT2D eigenvalue weighted by Crippen LogP contribution is -2.08. The molecule has 1 rings (SSSR count). The van der Waals surface area contributed by atoms with Gasteiger partial charge in [0.15, 0.2) is 0 Å². The normalized spacial score (nSPS) is 13.9. The quantitative estimate of drug-likeness (QED) is 0.307.